The third-order valence-corrected chi connectivity index (χ3v) is 4.56. The summed E-state index contributed by atoms with van der Waals surface area (Å²) in [5, 5.41) is 15.8. The van der Waals surface area contributed by atoms with Crippen LogP contribution in [0.5, 0.6) is 0 Å². The van der Waals surface area contributed by atoms with Crippen LogP contribution in [-0.2, 0) is 0 Å². The Hall–Kier alpha value is -2.31. The van der Waals surface area contributed by atoms with Crippen LogP contribution in [0.2, 0.25) is 5.02 Å². The molecule has 0 aliphatic rings. The number of hydrogen-bond acceptors (Lipinski definition) is 4. The second kappa shape index (κ2) is 5.96. The number of hydrogen-bond donors (Lipinski definition) is 1. The summed E-state index contributed by atoms with van der Waals surface area (Å²) in [6.45, 7) is 2.00. The van der Waals surface area contributed by atoms with Crippen molar-refractivity contribution in [1.82, 2.24) is 25.6 Å². The van der Waals surface area contributed by atoms with Gasteiger partial charge in [0.2, 0.25) is 0 Å². The lowest BCUT2D eigenvalue weighted by molar-refractivity contribution is 0.881. The maximum absolute atomic E-state index is 6.24. The van der Waals surface area contributed by atoms with Crippen molar-refractivity contribution in [2.75, 3.05) is 0 Å². The molecule has 0 amide bonds. The fraction of sp³-hybridized carbons (Fsp3) is 0.0588. The third-order valence-electron chi connectivity index (χ3n) is 3.81. The standard InChI is InChI=1S/C17H11BrClN5/c1-9-6-12(19)7-13-14(17-21-23-24-22-17)8-15(20-16(9)13)10-2-4-11(18)5-3-10/h2-8H,1H3,(H,21,22,23,24). The fourth-order valence-electron chi connectivity index (χ4n) is 2.69. The molecule has 4 rings (SSSR count). The molecular formula is C17H11BrClN5. The molecule has 0 fully saturated rings. The van der Waals surface area contributed by atoms with E-state index in [9.17, 15) is 0 Å². The van der Waals surface area contributed by atoms with E-state index < -0.39 is 0 Å². The first-order valence-corrected chi connectivity index (χ1v) is 8.40. The van der Waals surface area contributed by atoms with Gasteiger partial charge in [-0.15, -0.1) is 5.10 Å². The van der Waals surface area contributed by atoms with Gasteiger partial charge in [-0.25, -0.2) is 10.1 Å². The number of aromatic amines is 1. The molecule has 4 aromatic rings. The first kappa shape index (κ1) is 15.2. The molecule has 0 spiro atoms. The highest BCUT2D eigenvalue weighted by Gasteiger charge is 2.14. The van der Waals surface area contributed by atoms with Gasteiger partial charge in [0.25, 0.3) is 0 Å². The molecule has 0 atom stereocenters. The number of aromatic nitrogens is 5. The van der Waals surface area contributed by atoms with Crippen LogP contribution in [-0.4, -0.2) is 25.6 Å². The van der Waals surface area contributed by atoms with Crippen molar-refractivity contribution in [2.45, 2.75) is 6.92 Å². The highest BCUT2D eigenvalue weighted by molar-refractivity contribution is 9.10. The largest absolute Gasteiger partial charge is 0.247 e. The van der Waals surface area contributed by atoms with E-state index in [-0.39, 0.29) is 0 Å². The number of H-pyrrole nitrogens is 1. The van der Waals surface area contributed by atoms with Crippen LogP contribution in [0, 0.1) is 6.92 Å². The summed E-state index contributed by atoms with van der Waals surface area (Å²) >= 11 is 9.69. The molecule has 0 bridgehead atoms. The maximum Gasteiger partial charge on any atom is 0.180 e. The summed E-state index contributed by atoms with van der Waals surface area (Å²) in [5.74, 6) is 0.586. The molecule has 0 aliphatic heterocycles. The van der Waals surface area contributed by atoms with Gasteiger partial charge in [0, 0.05) is 26.0 Å². The van der Waals surface area contributed by atoms with E-state index in [0.717, 1.165) is 37.8 Å². The SMILES string of the molecule is Cc1cc(Cl)cc2c(-c3nnn[nH]3)cc(-c3ccc(Br)cc3)nc12. The first-order valence-electron chi connectivity index (χ1n) is 7.23. The summed E-state index contributed by atoms with van der Waals surface area (Å²) in [7, 11) is 0. The molecule has 24 heavy (non-hydrogen) atoms. The van der Waals surface area contributed by atoms with Gasteiger partial charge in [0.15, 0.2) is 5.82 Å². The Balaban J connectivity index is 2.05. The van der Waals surface area contributed by atoms with Crippen LogP contribution in [0.25, 0.3) is 33.5 Å². The Morgan fingerprint density at radius 3 is 2.58 bits per heavy atom. The number of aryl methyl sites for hydroxylation is 1. The van der Waals surface area contributed by atoms with Crippen LogP contribution < -0.4 is 0 Å². The fourth-order valence-corrected chi connectivity index (χ4v) is 3.23. The highest BCUT2D eigenvalue weighted by Crippen LogP contribution is 2.33. The lowest BCUT2D eigenvalue weighted by Crippen LogP contribution is -1.93. The number of nitrogens with one attached hydrogen (secondary N) is 1. The van der Waals surface area contributed by atoms with Crippen molar-refractivity contribution in [2.24, 2.45) is 0 Å². The van der Waals surface area contributed by atoms with Crippen molar-refractivity contribution >= 4 is 38.4 Å². The predicted octanol–water partition coefficient (Wildman–Crippen LogP) is 4.81. The van der Waals surface area contributed by atoms with Gasteiger partial charge in [0.05, 0.1) is 11.2 Å². The van der Waals surface area contributed by atoms with E-state index in [2.05, 4.69) is 36.6 Å². The Morgan fingerprint density at radius 1 is 1.08 bits per heavy atom. The monoisotopic (exact) mass is 399 g/mol. The summed E-state index contributed by atoms with van der Waals surface area (Å²) in [5.41, 5.74) is 4.62. The Kier molecular flexibility index (Phi) is 3.78. The Labute approximate surface area is 151 Å². The van der Waals surface area contributed by atoms with E-state index in [0.29, 0.717) is 10.8 Å². The molecule has 0 radical (unpaired) electrons. The third kappa shape index (κ3) is 2.68. The number of benzene rings is 2. The second-order valence-corrected chi connectivity index (χ2v) is 6.78. The average molecular weight is 401 g/mol. The summed E-state index contributed by atoms with van der Waals surface area (Å²) in [6, 6.07) is 13.8. The zero-order chi connectivity index (χ0) is 16.7. The molecule has 5 nitrogen and oxygen atoms in total. The lowest BCUT2D eigenvalue weighted by Gasteiger charge is -2.10. The van der Waals surface area contributed by atoms with Crippen LogP contribution in [0.3, 0.4) is 0 Å². The molecule has 0 saturated carbocycles. The van der Waals surface area contributed by atoms with Crippen molar-refractivity contribution in [3.63, 3.8) is 0 Å². The second-order valence-electron chi connectivity index (χ2n) is 5.43. The first-order chi connectivity index (χ1) is 11.6. The number of pyridine rings is 1. The Bertz CT molecular complexity index is 1030. The van der Waals surface area contributed by atoms with Gasteiger partial charge in [-0.1, -0.05) is 39.7 Å². The molecular weight excluding hydrogens is 390 g/mol. The number of rotatable bonds is 2. The van der Waals surface area contributed by atoms with Crippen molar-refractivity contribution in [3.05, 3.63) is 57.5 Å². The van der Waals surface area contributed by atoms with Crippen molar-refractivity contribution < 1.29 is 0 Å². The van der Waals surface area contributed by atoms with E-state index >= 15 is 0 Å². The van der Waals surface area contributed by atoms with Gasteiger partial charge in [-0.2, -0.15) is 0 Å². The highest BCUT2D eigenvalue weighted by atomic mass is 79.9. The summed E-state index contributed by atoms with van der Waals surface area (Å²) in [4.78, 5) is 4.83. The number of nitrogens with zero attached hydrogens (tertiary/aromatic N) is 4. The van der Waals surface area contributed by atoms with Crippen LogP contribution in [0.15, 0.2) is 46.9 Å². The minimum atomic E-state index is 0.586. The maximum atomic E-state index is 6.24. The smallest absolute Gasteiger partial charge is 0.180 e. The van der Waals surface area contributed by atoms with Crippen LogP contribution in [0.4, 0.5) is 0 Å². The number of fused-ring (bicyclic) bond motifs is 1. The number of tetrazole rings is 1. The van der Waals surface area contributed by atoms with E-state index in [1.54, 1.807) is 0 Å². The lowest BCUT2D eigenvalue weighted by atomic mass is 10.0. The molecule has 2 aromatic heterocycles. The zero-order valence-corrected chi connectivity index (χ0v) is 14.9. The predicted molar refractivity (Wildman–Crippen MR) is 97.8 cm³/mol. The van der Waals surface area contributed by atoms with Crippen molar-refractivity contribution in [3.8, 4) is 22.6 Å². The van der Waals surface area contributed by atoms with Gasteiger partial charge >= 0.3 is 0 Å². The normalized spacial score (nSPS) is 11.1. The van der Waals surface area contributed by atoms with E-state index in [1.165, 1.54) is 0 Å². The summed E-state index contributed by atoms with van der Waals surface area (Å²) in [6.07, 6.45) is 0. The molecule has 2 aromatic carbocycles. The quantitative estimate of drug-likeness (QED) is 0.524. The Morgan fingerprint density at radius 2 is 1.88 bits per heavy atom. The minimum absolute atomic E-state index is 0.586. The average Bonchev–Trinajstić information content (AvgIpc) is 3.09. The molecule has 7 heteroatoms. The molecule has 1 N–H and O–H groups in total. The van der Waals surface area contributed by atoms with Crippen molar-refractivity contribution in [1.29, 1.82) is 0 Å². The van der Waals surface area contributed by atoms with Gasteiger partial charge in [-0.3, -0.25) is 0 Å². The topological polar surface area (TPSA) is 67.3 Å². The van der Waals surface area contributed by atoms with Gasteiger partial charge in [0.1, 0.15) is 0 Å². The van der Waals surface area contributed by atoms with Crippen LogP contribution >= 0.6 is 27.5 Å². The zero-order valence-electron chi connectivity index (χ0n) is 12.6. The van der Waals surface area contributed by atoms with Crippen LogP contribution in [0.1, 0.15) is 5.56 Å². The van der Waals surface area contributed by atoms with Gasteiger partial charge in [-0.05, 0) is 53.2 Å². The number of halogens is 2. The molecule has 0 aliphatic carbocycles. The van der Waals surface area contributed by atoms with E-state index in [4.69, 9.17) is 16.6 Å². The molecule has 0 saturated heterocycles. The van der Waals surface area contributed by atoms with E-state index in [1.807, 2.05) is 49.4 Å². The molecule has 2 heterocycles. The minimum Gasteiger partial charge on any atom is -0.247 e. The molecule has 118 valence electrons. The summed E-state index contributed by atoms with van der Waals surface area (Å²) < 4.78 is 1.02. The molecule has 0 unspecified atom stereocenters. The van der Waals surface area contributed by atoms with Gasteiger partial charge < -0.3 is 0 Å².